The van der Waals surface area contributed by atoms with Gasteiger partial charge in [-0.2, -0.15) is 10.4 Å². The van der Waals surface area contributed by atoms with Gasteiger partial charge in [0.2, 0.25) is 0 Å². The number of hydrogen-bond donors (Lipinski definition) is 0. The number of aromatic nitrogens is 2. The molecular weight excluding hydrogens is 253 g/mol. The van der Waals surface area contributed by atoms with Crippen LogP contribution in [0.3, 0.4) is 0 Å². The van der Waals surface area contributed by atoms with Crippen molar-refractivity contribution in [2.24, 2.45) is 5.41 Å². The summed E-state index contributed by atoms with van der Waals surface area (Å²) in [6.07, 6.45) is 3.64. The standard InChI is InChI=1S/C14H22BN3O2/c1-12(2,9-16)10-18-8-11(7-17-18)15-19-13(3,4)14(5,6)20-15/h7-8H,10H2,1-6H3. The van der Waals surface area contributed by atoms with Crippen molar-refractivity contribution in [1.29, 1.82) is 5.26 Å². The Hall–Kier alpha value is -1.32. The molecule has 0 spiro atoms. The molecule has 1 aromatic heterocycles. The second-order valence-electron chi connectivity index (χ2n) is 7.06. The lowest BCUT2D eigenvalue weighted by atomic mass is 9.82. The molecule has 5 nitrogen and oxygen atoms in total. The SMILES string of the molecule is CC(C)(C#N)Cn1cc(B2OC(C)(C)C(C)(C)O2)cn1. The zero-order chi connectivity index (χ0) is 15.2. The summed E-state index contributed by atoms with van der Waals surface area (Å²) in [4.78, 5) is 0. The van der Waals surface area contributed by atoms with Gasteiger partial charge in [0.1, 0.15) is 0 Å². The first-order chi connectivity index (χ1) is 9.06. The van der Waals surface area contributed by atoms with Crippen molar-refractivity contribution in [1.82, 2.24) is 9.78 Å². The highest BCUT2D eigenvalue weighted by molar-refractivity contribution is 6.61. The molecular formula is C14H22BN3O2. The third-order valence-corrected chi connectivity index (χ3v) is 4.04. The van der Waals surface area contributed by atoms with Gasteiger partial charge >= 0.3 is 7.12 Å². The number of nitriles is 1. The molecule has 1 saturated heterocycles. The van der Waals surface area contributed by atoms with E-state index in [9.17, 15) is 0 Å². The normalized spacial score (nSPS) is 20.9. The molecule has 0 amide bonds. The first-order valence-electron chi connectivity index (χ1n) is 6.86. The maximum absolute atomic E-state index is 9.07. The molecule has 6 heteroatoms. The minimum absolute atomic E-state index is 0.355. The molecule has 0 N–H and O–H groups in total. The van der Waals surface area contributed by atoms with E-state index in [1.165, 1.54) is 0 Å². The highest BCUT2D eigenvalue weighted by Crippen LogP contribution is 2.36. The van der Waals surface area contributed by atoms with Gasteiger partial charge in [-0.1, -0.05) is 0 Å². The summed E-state index contributed by atoms with van der Waals surface area (Å²) in [6.45, 7) is 12.4. The molecule has 1 aliphatic rings. The van der Waals surface area contributed by atoms with E-state index in [0.717, 1.165) is 5.46 Å². The Morgan fingerprint density at radius 3 is 2.35 bits per heavy atom. The molecule has 0 radical (unpaired) electrons. The zero-order valence-corrected chi connectivity index (χ0v) is 13.1. The van der Waals surface area contributed by atoms with Crippen LogP contribution in [0.4, 0.5) is 0 Å². The average Bonchev–Trinajstić information content (AvgIpc) is 2.82. The van der Waals surface area contributed by atoms with Crippen LogP contribution in [-0.4, -0.2) is 28.1 Å². The molecule has 2 rings (SSSR count). The first kappa shape index (κ1) is 15.1. The Labute approximate surface area is 121 Å². The van der Waals surface area contributed by atoms with Gasteiger partial charge in [-0.15, -0.1) is 0 Å². The molecule has 0 saturated carbocycles. The van der Waals surface area contributed by atoms with E-state index in [4.69, 9.17) is 14.6 Å². The van der Waals surface area contributed by atoms with E-state index < -0.39 is 12.5 Å². The maximum atomic E-state index is 9.07. The van der Waals surface area contributed by atoms with Crippen molar-refractivity contribution >= 4 is 12.6 Å². The largest absolute Gasteiger partial charge is 0.498 e. The Bertz CT molecular complexity index is 527. The molecule has 1 aromatic rings. The Balaban J connectivity index is 2.14. The fourth-order valence-electron chi connectivity index (χ4n) is 2.01. The molecule has 108 valence electrons. The first-order valence-corrected chi connectivity index (χ1v) is 6.86. The lowest BCUT2D eigenvalue weighted by molar-refractivity contribution is 0.00578. The van der Waals surface area contributed by atoms with Crippen molar-refractivity contribution < 1.29 is 9.31 Å². The van der Waals surface area contributed by atoms with Crippen LogP contribution < -0.4 is 5.46 Å². The van der Waals surface area contributed by atoms with E-state index in [0.29, 0.717) is 6.54 Å². The topological polar surface area (TPSA) is 60.1 Å². The second kappa shape index (κ2) is 4.61. The summed E-state index contributed by atoms with van der Waals surface area (Å²) in [6, 6.07) is 2.27. The summed E-state index contributed by atoms with van der Waals surface area (Å²) in [5, 5.41) is 13.4. The van der Waals surface area contributed by atoms with Crippen molar-refractivity contribution in [3.8, 4) is 6.07 Å². The maximum Gasteiger partial charge on any atom is 0.498 e. The molecule has 0 atom stereocenters. The summed E-state index contributed by atoms with van der Waals surface area (Å²) in [5.41, 5.74) is -0.270. The predicted molar refractivity (Wildman–Crippen MR) is 77.3 cm³/mol. The smallest absolute Gasteiger partial charge is 0.399 e. The Morgan fingerprint density at radius 2 is 1.85 bits per heavy atom. The zero-order valence-electron chi connectivity index (χ0n) is 13.1. The van der Waals surface area contributed by atoms with Crippen molar-refractivity contribution in [2.75, 3.05) is 0 Å². The molecule has 20 heavy (non-hydrogen) atoms. The number of hydrogen-bond acceptors (Lipinski definition) is 4. The minimum Gasteiger partial charge on any atom is -0.399 e. The Kier molecular flexibility index (Phi) is 3.48. The van der Waals surface area contributed by atoms with Gasteiger partial charge in [-0.3, -0.25) is 4.68 Å². The lowest BCUT2D eigenvalue weighted by Crippen LogP contribution is -2.41. The van der Waals surface area contributed by atoms with Gasteiger partial charge in [0.15, 0.2) is 0 Å². The van der Waals surface area contributed by atoms with E-state index in [-0.39, 0.29) is 11.2 Å². The monoisotopic (exact) mass is 275 g/mol. The fraction of sp³-hybridized carbons (Fsp3) is 0.714. The van der Waals surface area contributed by atoms with E-state index >= 15 is 0 Å². The van der Waals surface area contributed by atoms with Crippen LogP contribution in [0, 0.1) is 16.7 Å². The second-order valence-corrected chi connectivity index (χ2v) is 7.06. The third-order valence-electron chi connectivity index (χ3n) is 4.04. The van der Waals surface area contributed by atoms with Crippen LogP contribution in [-0.2, 0) is 15.9 Å². The summed E-state index contributed by atoms with van der Waals surface area (Å²) in [7, 11) is -0.404. The molecule has 2 heterocycles. The van der Waals surface area contributed by atoms with E-state index in [1.807, 2.05) is 47.7 Å². The van der Waals surface area contributed by atoms with Gasteiger partial charge in [0, 0.05) is 17.9 Å². The Morgan fingerprint density at radius 1 is 1.30 bits per heavy atom. The van der Waals surface area contributed by atoms with Crippen molar-refractivity contribution in [2.45, 2.75) is 59.3 Å². The molecule has 0 aromatic carbocycles. The van der Waals surface area contributed by atoms with Crippen molar-refractivity contribution in [3.05, 3.63) is 12.4 Å². The molecule has 0 unspecified atom stereocenters. The van der Waals surface area contributed by atoms with Gasteiger partial charge in [-0.25, -0.2) is 0 Å². The highest BCUT2D eigenvalue weighted by Gasteiger charge is 2.52. The number of rotatable bonds is 3. The van der Waals surface area contributed by atoms with Gasteiger partial charge in [0.25, 0.3) is 0 Å². The third kappa shape index (κ3) is 2.74. The van der Waals surface area contributed by atoms with Crippen LogP contribution in [0.1, 0.15) is 41.5 Å². The predicted octanol–water partition coefficient (Wildman–Crippen LogP) is 1.73. The van der Waals surface area contributed by atoms with E-state index in [1.54, 1.807) is 10.9 Å². The van der Waals surface area contributed by atoms with Crippen LogP contribution in [0.15, 0.2) is 12.4 Å². The number of nitrogens with zero attached hydrogens (tertiary/aromatic N) is 3. The van der Waals surface area contributed by atoms with Gasteiger partial charge in [0.05, 0.1) is 29.2 Å². The van der Waals surface area contributed by atoms with Gasteiger partial charge < -0.3 is 9.31 Å². The van der Waals surface area contributed by atoms with Crippen LogP contribution in [0.5, 0.6) is 0 Å². The van der Waals surface area contributed by atoms with E-state index in [2.05, 4.69) is 11.2 Å². The minimum atomic E-state index is -0.445. The quantitative estimate of drug-likeness (QED) is 0.788. The molecule has 0 bridgehead atoms. The molecule has 0 aliphatic carbocycles. The summed E-state index contributed by atoms with van der Waals surface area (Å²) in [5.74, 6) is 0. The molecule has 1 aliphatic heterocycles. The fourth-order valence-corrected chi connectivity index (χ4v) is 2.01. The summed E-state index contributed by atoms with van der Waals surface area (Å²) >= 11 is 0. The van der Waals surface area contributed by atoms with Gasteiger partial charge in [-0.05, 0) is 41.5 Å². The highest BCUT2D eigenvalue weighted by atomic mass is 16.7. The summed E-state index contributed by atoms with van der Waals surface area (Å²) < 4.78 is 13.7. The van der Waals surface area contributed by atoms with Crippen LogP contribution in [0.25, 0.3) is 0 Å². The average molecular weight is 275 g/mol. The molecule has 1 fully saturated rings. The van der Waals surface area contributed by atoms with Crippen molar-refractivity contribution in [3.63, 3.8) is 0 Å². The van der Waals surface area contributed by atoms with Crippen LogP contribution in [0.2, 0.25) is 0 Å². The lowest BCUT2D eigenvalue weighted by Gasteiger charge is -2.32. The van der Waals surface area contributed by atoms with Crippen LogP contribution >= 0.6 is 0 Å².